The predicted octanol–water partition coefficient (Wildman–Crippen LogP) is 4.79. The highest BCUT2D eigenvalue weighted by Crippen LogP contribution is 2.10. The average Bonchev–Trinajstić information content (AvgIpc) is 2.44. The fourth-order valence-electron chi connectivity index (χ4n) is 2.27. The molecule has 0 fully saturated rings. The van der Waals surface area contributed by atoms with Crippen molar-refractivity contribution in [1.82, 2.24) is 9.80 Å². The van der Waals surface area contributed by atoms with Gasteiger partial charge in [0.25, 0.3) is 0 Å². The Morgan fingerprint density at radius 2 is 0.952 bits per heavy atom. The van der Waals surface area contributed by atoms with Crippen molar-refractivity contribution in [3.8, 4) is 0 Å². The zero-order valence-corrected chi connectivity index (χ0v) is 16.8. The van der Waals surface area contributed by atoms with E-state index in [0.717, 1.165) is 34.8 Å². The summed E-state index contributed by atoms with van der Waals surface area (Å²) in [6.07, 6.45) is 8.97. The third kappa shape index (κ3) is 11.7. The first-order valence-corrected chi connectivity index (χ1v) is 9.69. The molecule has 2 nitrogen and oxygen atoms in total. The Hall–Kier alpha value is 0.480. The SMILES string of the molecule is CCN(CCCCCCCCCN(CC)C(=S)S)C(=S)S. The van der Waals surface area contributed by atoms with Crippen LogP contribution in [0, 0.1) is 0 Å². The number of nitrogens with zero attached hydrogens (tertiary/aromatic N) is 2. The molecule has 0 spiro atoms. The molecular formula is C15H30N2S4. The van der Waals surface area contributed by atoms with Gasteiger partial charge in [-0.1, -0.05) is 56.5 Å². The van der Waals surface area contributed by atoms with Gasteiger partial charge in [0.2, 0.25) is 0 Å². The molecule has 124 valence electrons. The number of hydrogen-bond donors (Lipinski definition) is 2. The maximum Gasteiger partial charge on any atom is 0.133 e. The van der Waals surface area contributed by atoms with Crippen LogP contribution in [0.4, 0.5) is 0 Å². The summed E-state index contributed by atoms with van der Waals surface area (Å²) in [5, 5.41) is 0. The fourth-order valence-corrected chi connectivity index (χ4v) is 3.19. The van der Waals surface area contributed by atoms with E-state index in [2.05, 4.69) is 48.9 Å². The Balaban J connectivity index is 3.41. The van der Waals surface area contributed by atoms with Crippen LogP contribution in [0.5, 0.6) is 0 Å². The zero-order valence-electron chi connectivity index (χ0n) is 13.4. The first kappa shape index (κ1) is 21.5. The van der Waals surface area contributed by atoms with Gasteiger partial charge in [-0.2, -0.15) is 0 Å². The van der Waals surface area contributed by atoms with E-state index >= 15 is 0 Å². The van der Waals surface area contributed by atoms with Crippen LogP contribution >= 0.6 is 49.7 Å². The molecule has 0 aliphatic carbocycles. The van der Waals surface area contributed by atoms with Gasteiger partial charge in [0, 0.05) is 26.2 Å². The molecule has 6 heteroatoms. The first-order valence-electron chi connectivity index (χ1n) is 7.98. The largest absolute Gasteiger partial charge is 0.358 e. The Morgan fingerprint density at radius 3 is 1.19 bits per heavy atom. The number of thiol groups is 2. The Labute approximate surface area is 152 Å². The Bertz CT molecular complexity index is 269. The molecule has 0 bridgehead atoms. The van der Waals surface area contributed by atoms with Gasteiger partial charge in [-0.15, -0.1) is 25.3 Å². The molecule has 0 aromatic carbocycles. The highest BCUT2D eigenvalue weighted by Gasteiger charge is 2.03. The Morgan fingerprint density at radius 1 is 0.667 bits per heavy atom. The van der Waals surface area contributed by atoms with Crippen LogP contribution in [-0.2, 0) is 0 Å². The second-order valence-electron chi connectivity index (χ2n) is 5.20. The zero-order chi connectivity index (χ0) is 16.1. The van der Waals surface area contributed by atoms with Gasteiger partial charge in [0.15, 0.2) is 0 Å². The lowest BCUT2D eigenvalue weighted by Crippen LogP contribution is -2.26. The lowest BCUT2D eigenvalue weighted by Gasteiger charge is -2.20. The van der Waals surface area contributed by atoms with Crippen LogP contribution in [0.1, 0.15) is 58.8 Å². The minimum Gasteiger partial charge on any atom is -0.358 e. The summed E-state index contributed by atoms with van der Waals surface area (Å²) >= 11 is 18.6. The minimum atomic E-state index is 0.722. The molecule has 0 aliphatic rings. The summed E-state index contributed by atoms with van der Waals surface area (Å²) in [4.78, 5) is 4.30. The standard InChI is InChI=1S/C15H30N2S4/c1-3-16(14(18)19)12-10-8-6-5-7-9-11-13-17(4-2)15(20)21/h3-13H2,1-2H3,(H,18,19)(H,20,21). The van der Waals surface area contributed by atoms with Crippen molar-refractivity contribution in [2.45, 2.75) is 58.8 Å². The van der Waals surface area contributed by atoms with E-state index < -0.39 is 0 Å². The van der Waals surface area contributed by atoms with Crippen LogP contribution in [0.2, 0.25) is 0 Å². The lowest BCUT2D eigenvalue weighted by atomic mass is 10.1. The first-order chi connectivity index (χ1) is 10.0. The average molecular weight is 367 g/mol. The fraction of sp³-hybridized carbons (Fsp3) is 0.867. The van der Waals surface area contributed by atoms with Crippen LogP contribution in [-0.4, -0.2) is 44.6 Å². The van der Waals surface area contributed by atoms with Gasteiger partial charge < -0.3 is 9.80 Å². The highest BCUT2D eigenvalue weighted by molar-refractivity contribution is 8.11. The smallest absolute Gasteiger partial charge is 0.133 e. The highest BCUT2D eigenvalue weighted by atomic mass is 32.1. The van der Waals surface area contributed by atoms with E-state index in [9.17, 15) is 0 Å². The number of unbranched alkanes of at least 4 members (excludes halogenated alkanes) is 6. The number of hydrogen-bond acceptors (Lipinski definition) is 2. The minimum absolute atomic E-state index is 0.722. The third-order valence-electron chi connectivity index (χ3n) is 3.66. The third-order valence-corrected chi connectivity index (χ3v) is 4.74. The topological polar surface area (TPSA) is 6.48 Å². The van der Waals surface area contributed by atoms with Crippen molar-refractivity contribution < 1.29 is 0 Å². The van der Waals surface area contributed by atoms with Crippen LogP contribution in [0.3, 0.4) is 0 Å². The van der Waals surface area contributed by atoms with Gasteiger partial charge >= 0.3 is 0 Å². The molecule has 0 aromatic rings. The predicted molar refractivity (Wildman–Crippen MR) is 110 cm³/mol. The summed E-state index contributed by atoms with van der Waals surface area (Å²) in [6, 6.07) is 0. The van der Waals surface area contributed by atoms with Crippen LogP contribution < -0.4 is 0 Å². The van der Waals surface area contributed by atoms with Crippen LogP contribution in [0.15, 0.2) is 0 Å². The molecule has 0 N–H and O–H groups in total. The molecule has 0 atom stereocenters. The second-order valence-corrected chi connectivity index (χ2v) is 7.43. The van der Waals surface area contributed by atoms with E-state index in [-0.39, 0.29) is 0 Å². The Kier molecular flexibility index (Phi) is 14.4. The summed E-state index contributed by atoms with van der Waals surface area (Å²) < 4.78 is 1.44. The molecule has 0 heterocycles. The van der Waals surface area contributed by atoms with E-state index in [1.807, 2.05) is 0 Å². The van der Waals surface area contributed by atoms with Crippen molar-refractivity contribution >= 4 is 58.3 Å². The van der Waals surface area contributed by atoms with E-state index in [1.54, 1.807) is 0 Å². The van der Waals surface area contributed by atoms with Gasteiger partial charge in [0.05, 0.1) is 0 Å². The van der Waals surface area contributed by atoms with Crippen molar-refractivity contribution in [1.29, 1.82) is 0 Å². The molecule has 0 saturated heterocycles. The van der Waals surface area contributed by atoms with Gasteiger partial charge in [0.1, 0.15) is 8.64 Å². The summed E-state index contributed by atoms with van der Waals surface area (Å²) in [6.45, 7) is 8.26. The van der Waals surface area contributed by atoms with Gasteiger partial charge in [-0.3, -0.25) is 0 Å². The molecule has 0 amide bonds. The van der Waals surface area contributed by atoms with Crippen LogP contribution in [0.25, 0.3) is 0 Å². The molecule has 0 unspecified atom stereocenters. The monoisotopic (exact) mass is 366 g/mol. The molecule has 21 heavy (non-hydrogen) atoms. The maximum atomic E-state index is 5.09. The summed E-state index contributed by atoms with van der Waals surface area (Å²) in [5.74, 6) is 0. The quantitative estimate of drug-likeness (QED) is 0.291. The van der Waals surface area contributed by atoms with E-state index in [1.165, 1.54) is 44.9 Å². The second kappa shape index (κ2) is 14.1. The van der Waals surface area contributed by atoms with E-state index in [0.29, 0.717) is 0 Å². The van der Waals surface area contributed by atoms with Gasteiger partial charge in [-0.05, 0) is 26.7 Å². The number of thiocarbonyl (C=S) groups is 2. The normalized spacial score (nSPS) is 10.5. The van der Waals surface area contributed by atoms with Crippen molar-refractivity contribution in [3.05, 3.63) is 0 Å². The van der Waals surface area contributed by atoms with E-state index in [4.69, 9.17) is 24.4 Å². The number of rotatable bonds is 12. The molecule has 0 aromatic heterocycles. The van der Waals surface area contributed by atoms with Crippen molar-refractivity contribution in [2.75, 3.05) is 26.2 Å². The molecule has 0 aliphatic heterocycles. The maximum absolute atomic E-state index is 5.09. The molecule has 0 radical (unpaired) electrons. The summed E-state index contributed by atoms with van der Waals surface area (Å²) in [7, 11) is 0. The van der Waals surface area contributed by atoms with Crippen molar-refractivity contribution in [3.63, 3.8) is 0 Å². The molecule has 0 saturated carbocycles. The summed E-state index contributed by atoms with van der Waals surface area (Å²) in [5.41, 5.74) is 0. The molecular weight excluding hydrogens is 336 g/mol. The lowest BCUT2D eigenvalue weighted by molar-refractivity contribution is 0.420. The molecule has 0 rings (SSSR count). The van der Waals surface area contributed by atoms with Crippen molar-refractivity contribution in [2.24, 2.45) is 0 Å². The van der Waals surface area contributed by atoms with Gasteiger partial charge in [-0.25, -0.2) is 0 Å².